The summed E-state index contributed by atoms with van der Waals surface area (Å²) in [5, 5.41) is 9.17. The summed E-state index contributed by atoms with van der Waals surface area (Å²) in [6, 6.07) is 7.07. The zero-order chi connectivity index (χ0) is 18.2. The number of sulfonamides is 1. The molecule has 132 valence electrons. The van der Waals surface area contributed by atoms with Crippen LogP contribution in [0.2, 0.25) is 0 Å². The van der Waals surface area contributed by atoms with Gasteiger partial charge in [0.05, 0.1) is 16.1 Å². The Morgan fingerprint density at radius 2 is 1.80 bits per heavy atom. The van der Waals surface area contributed by atoms with Crippen LogP contribution in [0.5, 0.6) is 11.5 Å². The summed E-state index contributed by atoms with van der Waals surface area (Å²) in [4.78, 5) is 11.1. The summed E-state index contributed by atoms with van der Waals surface area (Å²) in [7, 11) is -3.97. The molecule has 0 unspecified atom stereocenters. The molecule has 1 heterocycles. The van der Waals surface area contributed by atoms with Crippen molar-refractivity contribution in [2.75, 3.05) is 17.9 Å². The van der Waals surface area contributed by atoms with Crippen molar-refractivity contribution < 1.29 is 27.8 Å². The Balaban J connectivity index is 1.97. The van der Waals surface area contributed by atoms with Crippen LogP contribution in [0.4, 0.5) is 5.69 Å². The molecule has 0 spiro atoms. The highest BCUT2D eigenvalue weighted by atomic mass is 79.9. The van der Waals surface area contributed by atoms with Gasteiger partial charge in [0.2, 0.25) is 0 Å². The van der Waals surface area contributed by atoms with E-state index in [0.29, 0.717) is 34.7 Å². The van der Waals surface area contributed by atoms with Gasteiger partial charge in [0, 0.05) is 16.6 Å². The molecule has 1 aliphatic heterocycles. The number of anilines is 1. The first-order valence-corrected chi connectivity index (χ1v) is 9.51. The summed E-state index contributed by atoms with van der Waals surface area (Å²) in [5.41, 5.74) is 0.678. The lowest BCUT2D eigenvalue weighted by Crippen LogP contribution is -2.17. The maximum absolute atomic E-state index is 12.6. The molecule has 25 heavy (non-hydrogen) atoms. The number of rotatable bonds is 4. The second kappa shape index (κ2) is 6.57. The van der Waals surface area contributed by atoms with E-state index >= 15 is 0 Å². The van der Waals surface area contributed by atoms with Gasteiger partial charge in [0.15, 0.2) is 11.5 Å². The Kier molecular flexibility index (Phi) is 4.61. The minimum absolute atomic E-state index is 0.0656. The molecule has 0 amide bonds. The quantitative estimate of drug-likeness (QED) is 0.777. The van der Waals surface area contributed by atoms with Gasteiger partial charge in [-0.05, 0) is 40.5 Å². The van der Waals surface area contributed by atoms with Gasteiger partial charge < -0.3 is 14.6 Å². The molecule has 7 nitrogen and oxygen atoms in total. The van der Waals surface area contributed by atoms with Crippen molar-refractivity contribution in [1.82, 2.24) is 0 Å². The molecule has 9 heteroatoms. The Labute approximate surface area is 152 Å². The molecule has 2 aromatic rings. The van der Waals surface area contributed by atoms with Gasteiger partial charge in [-0.15, -0.1) is 0 Å². The highest BCUT2D eigenvalue weighted by Gasteiger charge is 2.21. The molecule has 0 atom stereocenters. The molecule has 0 aromatic heterocycles. The molecule has 0 bridgehead atoms. The van der Waals surface area contributed by atoms with Crippen LogP contribution < -0.4 is 14.2 Å². The third-order valence-corrected chi connectivity index (χ3v) is 5.65. The van der Waals surface area contributed by atoms with E-state index in [1.807, 2.05) is 0 Å². The van der Waals surface area contributed by atoms with Crippen LogP contribution in [0.25, 0.3) is 0 Å². The number of carboxylic acid groups (broad SMARTS) is 1. The van der Waals surface area contributed by atoms with Gasteiger partial charge in [-0.25, -0.2) is 13.2 Å². The number of hydrogen-bond acceptors (Lipinski definition) is 5. The first-order valence-electron chi connectivity index (χ1n) is 7.24. The molecule has 3 rings (SSSR count). The summed E-state index contributed by atoms with van der Waals surface area (Å²) in [5.74, 6) is -0.234. The number of ether oxygens (including phenoxy) is 2. The topological polar surface area (TPSA) is 102 Å². The molecule has 0 fully saturated rings. The van der Waals surface area contributed by atoms with Crippen LogP contribution in [0.15, 0.2) is 39.7 Å². The van der Waals surface area contributed by atoms with E-state index in [1.54, 1.807) is 13.0 Å². The molecule has 0 aliphatic carbocycles. The summed E-state index contributed by atoms with van der Waals surface area (Å²) < 4.78 is 39.0. The molecular weight excluding hydrogens is 414 g/mol. The third-order valence-electron chi connectivity index (χ3n) is 3.63. The number of carboxylic acids is 1. The Morgan fingerprint density at radius 3 is 2.44 bits per heavy atom. The third kappa shape index (κ3) is 3.57. The van der Waals surface area contributed by atoms with Crippen LogP contribution in [0, 0.1) is 6.92 Å². The predicted octanol–water partition coefficient (Wildman–Crippen LogP) is 3.03. The number of fused-ring (bicyclic) bond motifs is 1. The van der Waals surface area contributed by atoms with Gasteiger partial charge in [-0.1, -0.05) is 6.07 Å². The maximum Gasteiger partial charge on any atom is 0.335 e. The number of halogens is 1. The lowest BCUT2D eigenvalue weighted by Gasteiger charge is -2.20. The second-order valence-corrected chi connectivity index (χ2v) is 7.90. The van der Waals surface area contributed by atoms with Gasteiger partial charge >= 0.3 is 5.97 Å². The van der Waals surface area contributed by atoms with Gasteiger partial charge in [-0.2, -0.15) is 0 Å². The molecule has 0 saturated carbocycles. The average Bonchev–Trinajstić information content (AvgIpc) is 2.55. The van der Waals surface area contributed by atoms with Crippen LogP contribution in [-0.4, -0.2) is 32.7 Å². The predicted molar refractivity (Wildman–Crippen MR) is 94.1 cm³/mol. The van der Waals surface area contributed by atoms with Gasteiger partial charge in [-0.3, -0.25) is 4.72 Å². The van der Waals surface area contributed by atoms with Crippen LogP contribution >= 0.6 is 15.9 Å². The van der Waals surface area contributed by atoms with Crippen LogP contribution in [-0.2, 0) is 10.0 Å². The fraction of sp³-hybridized carbons (Fsp3) is 0.188. The molecule has 2 N–H and O–H groups in total. The highest BCUT2D eigenvalue weighted by Crippen LogP contribution is 2.38. The van der Waals surface area contributed by atoms with E-state index in [-0.39, 0.29) is 16.1 Å². The number of nitrogens with one attached hydrogen (secondary N) is 1. The lowest BCUT2D eigenvalue weighted by atomic mass is 10.1. The summed E-state index contributed by atoms with van der Waals surface area (Å²) >= 11 is 3.29. The first kappa shape index (κ1) is 17.6. The zero-order valence-electron chi connectivity index (χ0n) is 13.1. The Bertz CT molecular complexity index is 957. The molecule has 2 aromatic carbocycles. The largest absolute Gasteiger partial charge is 0.486 e. The number of aryl methyl sites for hydroxylation is 1. The number of carbonyl (C=O) groups is 1. The van der Waals surface area contributed by atoms with Crippen molar-refractivity contribution in [2.24, 2.45) is 0 Å². The fourth-order valence-corrected chi connectivity index (χ4v) is 3.99. The standard InChI is InChI=1S/C16H14BrNO6S/c1-9-2-3-10(6-11(9)16(19)20)25(21,22)18-13-8-15-14(7-12(13)17)23-4-5-24-15/h2-3,6-8,18H,4-5H2,1H3,(H,19,20). The van der Waals surface area contributed by atoms with E-state index in [1.165, 1.54) is 18.2 Å². The van der Waals surface area contributed by atoms with E-state index in [0.717, 1.165) is 6.07 Å². The fourth-order valence-electron chi connectivity index (χ4n) is 2.34. The van der Waals surface area contributed by atoms with Gasteiger partial charge in [0.1, 0.15) is 13.2 Å². The van der Waals surface area contributed by atoms with Crippen molar-refractivity contribution in [1.29, 1.82) is 0 Å². The number of benzene rings is 2. The first-order chi connectivity index (χ1) is 11.8. The van der Waals surface area contributed by atoms with Crippen LogP contribution in [0.1, 0.15) is 15.9 Å². The van der Waals surface area contributed by atoms with Crippen molar-refractivity contribution in [3.8, 4) is 11.5 Å². The monoisotopic (exact) mass is 427 g/mol. The van der Waals surface area contributed by atoms with Crippen molar-refractivity contribution in [3.05, 3.63) is 45.9 Å². The lowest BCUT2D eigenvalue weighted by molar-refractivity contribution is 0.0696. The van der Waals surface area contributed by atoms with E-state index in [4.69, 9.17) is 14.6 Å². The summed E-state index contributed by atoms with van der Waals surface area (Å²) in [6.45, 7) is 2.40. The maximum atomic E-state index is 12.6. The van der Waals surface area contributed by atoms with Crippen molar-refractivity contribution in [3.63, 3.8) is 0 Å². The number of aromatic carboxylic acids is 1. The van der Waals surface area contributed by atoms with Gasteiger partial charge in [0.25, 0.3) is 10.0 Å². The molecule has 1 aliphatic rings. The minimum atomic E-state index is -3.97. The van der Waals surface area contributed by atoms with Crippen molar-refractivity contribution in [2.45, 2.75) is 11.8 Å². The Hall–Kier alpha value is -2.26. The molecule has 0 saturated heterocycles. The second-order valence-electron chi connectivity index (χ2n) is 5.36. The minimum Gasteiger partial charge on any atom is -0.486 e. The average molecular weight is 428 g/mol. The SMILES string of the molecule is Cc1ccc(S(=O)(=O)Nc2cc3c(cc2Br)OCCO3)cc1C(=O)O. The number of hydrogen-bond donors (Lipinski definition) is 2. The van der Waals surface area contributed by atoms with E-state index < -0.39 is 16.0 Å². The highest BCUT2D eigenvalue weighted by molar-refractivity contribution is 9.10. The molecular formula is C16H14BrNO6S. The van der Waals surface area contributed by atoms with E-state index in [9.17, 15) is 13.2 Å². The van der Waals surface area contributed by atoms with Crippen LogP contribution in [0.3, 0.4) is 0 Å². The normalized spacial score (nSPS) is 13.4. The molecule has 0 radical (unpaired) electrons. The van der Waals surface area contributed by atoms with Crippen molar-refractivity contribution >= 4 is 37.6 Å². The summed E-state index contributed by atoms with van der Waals surface area (Å²) in [6.07, 6.45) is 0. The smallest absolute Gasteiger partial charge is 0.335 e. The zero-order valence-corrected chi connectivity index (χ0v) is 15.5. The van der Waals surface area contributed by atoms with E-state index in [2.05, 4.69) is 20.7 Å². The Morgan fingerprint density at radius 1 is 1.16 bits per heavy atom.